The Morgan fingerprint density at radius 1 is 1.08 bits per heavy atom. The van der Waals surface area contributed by atoms with Gasteiger partial charge in [0.05, 0.1) is 7.11 Å². The Kier molecular flexibility index (Phi) is 3.94. The van der Waals surface area contributed by atoms with Crippen LogP contribution in [0.4, 0.5) is 5.69 Å². The summed E-state index contributed by atoms with van der Waals surface area (Å²) >= 11 is 0. The molecule has 0 saturated carbocycles. The highest BCUT2D eigenvalue weighted by atomic mass is 16.5. The van der Waals surface area contributed by atoms with Crippen LogP contribution < -0.4 is 9.64 Å². The van der Waals surface area contributed by atoms with E-state index in [1.54, 1.807) is 19.4 Å². The average Bonchev–Trinajstić information content (AvgIpc) is 3.11. The molecule has 0 fully saturated rings. The van der Waals surface area contributed by atoms with Crippen LogP contribution in [0.25, 0.3) is 11.1 Å². The summed E-state index contributed by atoms with van der Waals surface area (Å²) in [7, 11) is 1.61. The topological polar surface area (TPSA) is 42.4 Å². The number of carbonyl (C=O) groups excluding carboxylic acids is 1. The van der Waals surface area contributed by atoms with E-state index in [0.717, 1.165) is 23.2 Å². The number of hydrogen-bond acceptors (Lipinski definition) is 3. The van der Waals surface area contributed by atoms with Crippen LogP contribution >= 0.6 is 0 Å². The van der Waals surface area contributed by atoms with Crippen LogP contribution in [-0.4, -0.2) is 24.5 Å². The molecule has 4 nitrogen and oxygen atoms in total. The third-order valence-electron chi connectivity index (χ3n) is 4.53. The Bertz CT molecular complexity index is 922. The van der Waals surface area contributed by atoms with Gasteiger partial charge < -0.3 is 9.64 Å². The largest absolute Gasteiger partial charge is 0.497 e. The lowest BCUT2D eigenvalue weighted by atomic mass is 10.0. The van der Waals surface area contributed by atoms with E-state index in [1.807, 2.05) is 53.6 Å². The van der Waals surface area contributed by atoms with Crippen LogP contribution in [-0.2, 0) is 6.42 Å². The molecule has 0 saturated heterocycles. The highest BCUT2D eigenvalue weighted by Crippen LogP contribution is 2.33. The molecule has 0 spiro atoms. The molecule has 124 valence electrons. The number of rotatable bonds is 3. The second-order valence-corrected chi connectivity index (χ2v) is 6.02. The summed E-state index contributed by atoms with van der Waals surface area (Å²) in [5, 5.41) is 0. The summed E-state index contributed by atoms with van der Waals surface area (Å²) in [5.74, 6) is 0.698. The van der Waals surface area contributed by atoms with Gasteiger partial charge in [0, 0.05) is 30.2 Å². The van der Waals surface area contributed by atoms with Crippen LogP contribution in [0.15, 0.2) is 67.0 Å². The third kappa shape index (κ3) is 2.87. The van der Waals surface area contributed by atoms with E-state index < -0.39 is 0 Å². The number of anilines is 1. The molecular weight excluding hydrogens is 312 g/mol. The number of aromatic nitrogens is 1. The van der Waals surface area contributed by atoms with Crippen molar-refractivity contribution in [2.24, 2.45) is 0 Å². The number of hydrogen-bond donors (Lipinski definition) is 0. The summed E-state index contributed by atoms with van der Waals surface area (Å²) in [6, 6.07) is 17.5. The van der Waals surface area contributed by atoms with E-state index in [0.29, 0.717) is 17.9 Å². The quantitative estimate of drug-likeness (QED) is 0.730. The van der Waals surface area contributed by atoms with E-state index in [9.17, 15) is 4.79 Å². The van der Waals surface area contributed by atoms with Crippen molar-refractivity contribution < 1.29 is 9.53 Å². The summed E-state index contributed by atoms with van der Waals surface area (Å²) < 4.78 is 5.23. The molecular formula is C21H18N2O2. The molecule has 1 aromatic heterocycles. The van der Waals surface area contributed by atoms with E-state index in [-0.39, 0.29) is 5.91 Å². The number of fused-ring (bicyclic) bond motifs is 1. The summed E-state index contributed by atoms with van der Waals surface area (Å²) in [4.78, 5) is 18.9. The Labute approximate surface area is 146 Å². The zero-order chi connectivity index (χ0) is 17.2. The minimum atomic E-state index is 0.00628. The third-order valence-corrected chi connectivity index (χ3v) is 4.53. The zero-order valence-electron chi connectivity index (χ0n) is 14.0. The minimum Gasteiger partial charge on any atom is -0.497 e. The summed E-state index contributed by atoms with van der Waals surface area (Å²) in [5.41, 5.74) is 5.03. The van der Waals surface area contributed by atoms with E-state index in [1.165, 1.54) is 5.56 Å². The van der Waals surface area contributed by atoms with Gasteiger partial charge in [-0.2, -0.15) is 0 Å². The summed E-state index contributed by atoms with van der Waals surface area (Å²) in [6.45, 7) is 0.696. The molecule has 3 aromatic rings. The molecule has 4 rings (SSSR count). The Balaban J connectivity index is 1.64. The fraction of sp³-hybridized carbons (Fsp3) is 0.143. The number of amides is 1. The van der Waals surface area contributed by atoms with E-state index in [4.69, 9.17) is 4.74 Å². The Hall–Kier alpha value is -3.14. The lowest BCUT2D eigenvalue weighted by molar-refractivity contribution is 0.0989. The van der Waals surface area contributed by atoms with Crippen molar-refractivity contribution in [3.05, 3.63) is 78.1 Å². The zero-order valence-corrected chi connectivity index (χ0v) is 14.0. The molecule has 0 unspecified atom stereocenters. The molecule has 1 aliphatic heterocycles. The van der Waals surface area contributed by atoms with Crippen molar-refractivity contribution in [1.29, 1.82) is 0 Å². The number of pyridine rings is 1. The van der Waals surface area contributed by atoms with Gasteiger partial charge >= 0.3 is 0 Å². The van der Waals surface area contributed by atoms with Crippen molar-refractivity contribution in [3.63, 3.8) is 0 Å². The van der Waals surface area contributed by atoms with Gasteiger partial charge in [-0.15, -0.1) is 0 Å². The van der Waals surface area contributed by atoms with Crippen molar-refractivity contribution in [2.45, 2.75) is 6.42 Å². The monoisotopic (exact) mass is 330 g/mol. The second kappa shape index (κ2) is 6.40. The molecule has 25 heavy (non-hydrogen) atoms. The Morgan fingerprint density at radius 3 is 2.80 bits per heavy atom. The van der Waals surface area contributed by atoms with Crippen LogP contribution in [0.1, 0.15) is 15.9 Å². The van der Waals surface area contributed by atoms with Gasteiger partial charge in [0.2, 0.25) is 0 Å². The fourth-order valence-electron chi connectivity index (χ4n) is 3.24. The maximum atomic E-state index is 12.9. The van der Waals surface area contributed by atoms with Crippen LogP contribution in [0.3, 0.4) is 0 Å². The first-order valence-electron chi connectivity index (χ1n) is 8.25. The average molecular weight is 330 g/mol. The van der Waals surface area contributed by atoms with E-state index >= 15 is 0 Å². The van der Waals surface area contributed by atoms with Crippen LogP contribution in [0.2, 0.25) is 0 Å². The van der Waals surface area contributed by atoms with Gasteiger partial charge in [-0.3, -0.25) is 9.78 Å². The molecule has 0 aliphatic carbocycles. The summed E-state index contributed by atoms with van der Waals surface area (Å²) in [6.07, 6.45) is 4.49. The van der Waals surface area contributed by atoms with Crippen molar-refractivity contribution in [1.82, 2.24) is 4.98 Å². The number of carbonyl (C=O) groups is 1. The number of methoxy groups -OCH3 is 1. The van der Waals surface area contributed by atoms with Gasteiger partial charge in [0.1, 0.15) is 5.75 Å². The number of benzene rings is 2. The van der Waals surface area contributed by atoms with Crippen molar-refractivity contribution in [3.8, 4) is 16.9 Å². The van der Waals surface area contributed by atoms with Crippen molar-refractivity contribution in [2.75, 3.05) is 18.6 Å². The predicted molar refractivity (Wildman–Crippen MR) is 98.0 cm³/mol. The molecule has 0 radical (unpaired) electrons. The second-order valence-electron chi connectivity index (χ2n) is 6.02. The number of nitrogens with zero attached hydrogens (tertiary/aromatic N) is 2. The molecule has 0 atom stereocenters. The van der Waals surface area contributed by atoms with Crippen LogP contribution in [0.5, 0.6) is 5.75 Å². The normalized spacial score (nSPS) is 12.8. The van der Waals surface area contributed by atoms with Gasteiger partial charge in [-0.05, 0) is 59.5 Å². The molecule has 1 aliphatic rings. The first kappa shape index (κ1) is 15.4. The lowest BCUT2D eigenvalue weighted by Gasteiger charge is -2.18. The standard InChI is InChI=1S/C21H18N2O2/c1-25-19-6-2-4-17(13-19)21(24)23-11-9-16-12-15(7-8-20(16)23)18-5-3-10-22-14-18/h2-8,10,12-14H,9,11H2,1H3. The van der Waals surface area contributed by atoms with Gasteiger partial charge in [-0.1, -0.05) is 18.2 Å². The SMILES string of the molecule is COc1cccc(C(=O)N2CCc3cc(-c4cccnc4)ccc32)c1. The molecule has 2 aromatic carbocycles. The lowest BCUT2D eigenvalue weighted by Crippen LogP contribution is -2.28. The van der Waals surface area contributed by atoms with E-state index in [2.05, 4.69) is 11.1 Å². The molecule has 2 heterocycles. The molecule has 0 bridgehead atoms. The maximum Gasteiger partial charge on any atom is 0.258 e. The highest BCUT2D eigenvalue weighted by molar-refractivity contribution is 6.07. The fourth-order valence-corrected chi connectivity index (χ4v) is 3.24. The first-order valence-corrected chi connectivity index (χ1v) is 8.25. The smallest absolute Gasteiger partial charge is 0.258 e. The maximum absolute atomic E-state index is 12.9. The number of ether oxygens (including phenoxy) is 1. The minimum absolute atomic E-state index is 0.00628. The molecule has 0 N–H and O–H groups in total. The Morgan fingerprint density at radius 2 is 2.00 bits per heavy atom. The van der Waals surface area contributed by atoms with Crippen molar-refractivity contribution >= 4 is 11.6 Å². The highest BCUT2D eigenvalue weighted by Gasteiger charge is 2.26. The molecule has 4 heteroatoms. The van der Waals surface area contributed by atoms with Crippen LogP contribution in [0, 0.1) is 0 Å². The van der Waals surface area contributed by atoms with Gasteiger partial charge in [0.15, 0.2) is 0 Å². The van der Waals surface area contributed by atoms with Gasteiger partial charge in [0.25, 0.3) is 5.91 Å². The predicted octanol–water partition coefficient (Wildman–Crippen LogP) is 3.96. The van der Waals surface area contributed by atoms with Gasteiger partial charge in [-0.25, -0.2) is 0 Å². The molecule has 1 amide bonds. The first-order chi connectivity index (χ1) is 12.3.